The molecule has 4 fully saturated rings. The van der Waals surface area contributed by atoms with E-state index in [-0.39, 0.29) is 86.8 Å². The van der Waals surface area contributed by atoms with Gasteiger partial charge in [-0.25, -0.2) is 8.78 Å². The minimum absolute atomic E-state index is 0. The van der Waals surface area contributed by atoms with Crippen LogP contribution in [0.4, 0.5) is 8.78 Å². The zero-order valence-corrected chi connectivity index (χ0v) is 81.0. The molecule has 12 aromatic carbocycles. The second kappa shape index (κ2) is 47.4. The Morgan fingerprint density at radius 1 is 0.299 bits per heavy atom. The summed E-state index contributed by atoms with van der Waals surface area (Å²) in [6, 6.07) is 65.9. The maximum absolute atomic E-state index is 12.8. The van der Waals surface area contributed by atoms with Crippen LogP contribution in [-0.4, -0.2) is 79.4 Å². The summed E-state index contributed by atoms with van der Waals surface area (Å²) in [5.41, 5.74) is 17.3. The molecule has 24 heteroatoms. The van der Waals surface area contributed by atoms with Crippen LogP contribution in [0.2, 0.25) is 0 Å². The van der Waals surface area contributed by atoms with Gasteiger partial charge in [-0.3, -0.25) is 0 Å². The van der Waals surface area contributed by atoms with Crippen LogP contribution in [-0.2, 0) is 44.6 Å². The Morgan fingerprint density at radius 3 is 0.764 bits per heavy atom. The molecule has 0 radical (unpaired) electrons. The minimum Gasteiger partial charge on any atom is -0.507 e. The molecule has 4 aliphatic heterocycles. The van der Waals surface area contributed by atoms with Crippen LogP contribution >= 0.6 is 0 Å². The van der Waals surface area contributed by atoms with Gasteiger partial charge in [0.05, 0.1) is 38.6 Å². The van der Waals surface area contributed by atoms with Crippen molar-refractivity contribution in [2.24, 2.45) is 0 Å². The number of benzene rings is 12. The highest BCUT2D eigenvalue weighted by Gasteiger charge is 2.46. The van der Waals surface area contributed by atoms with Gasteiger partial charge in [-0.05, 0) is 289 Å². The zero-order chi connectivity index (χ0) is 99.8. The van der Waals surface area contributed by atoms with Gasteiger partial charge in [0.2, 0.25) is 35.3 Å². The molecule has 0 spiro atoms. The van der Waals surface area contributed by atoms with Gasteiger partial charge < -0.3 is 75.6 Å². The van der Waals surface area contributed by atoms with Crippen molar-refractivity contribution in [1.82, 2.24) is 30.6 Å². The van der Waals surface area contributed by atoms with Crippen molar-refractivity contribution < 1.29 is 84.4 Å². The smallest absolute Gasteiger partial charge is 0.248 e. The van der Waals surface area contributed by atoms with Gasteiger partial charge in [0.25, 0.3) is 0 Å². The van der Waals surface area contributed by atoms with Crippen molar-refractivity contribution >= 4 is 24.3 Å². The highest BCUT2D eigenvalue weighted by Crippen LogP contribution is 2.56. The Labute approximate surface area is 839 Å². The molecule has 144 heavy (non-hydrogen) atoms. The number of ether oxygens (including phenoxy) is 11. The highest BCUT2D eigenvalue weighted by molar-refractivity contribution is 5.74. The first-order valence-corrected chi connectivity index (χ1v) is 46.8. The lowest BCUT2D eigenvalue weighted by atomic mass is 9.99. The first-order chi connectivity index (χ1) is 68.9. The number of halogens is 2. The lowest BCUT2D eigenvalue weighted by Crippen LogP contribution is -2.02. The van der Waals surface area contributed by atoms with E-state index in [1.807, 2.05) is 236 Å². The van der Waals surface area contributed by atoms with E-state index in [4.69, 9.17) is 65.4 Å². The van der Waals surface area contributed by atoms with E-state index in [0.717, 1.165) is 106 Å². The molecule has 7 heterocycles. The first-order valence-electron chi connectivity index (χ1n) is 46.8. The molecule has 8 unspecified atom stereocenters. The van der Waals surface area contributed by atoms with Gasteiger partial charge in [-0.2, -0.15) is 0 Å². The fourth-order valence-electron chi connectivity index (χ4n) is 16.4. The Morgan fingerprint density at radius 2 is 0.521 bits per heavy atom. The summed E-state index contributed by atoms with van der Waals surface area (Å²) in [5, 5.41) is 45.6. The summed E-state index contributed by atoms with van der Waals surface area (Å²) < 4.78 is 111. The average Bonchev–Trinajstić information content (AvgIpc) is 1.59. The number of aromatic hydroxyl groups is 2. The maximum atomic E-state index is 12.8. The monoisotopic (exact) mass is 1940 g/mol. The quantitative estimate of drug-likeness (QED) is 0.0280. The molecular formula is C120H118F2N6O16. The summed E-state index contributed by atoms with van der Waals surface area (Å²) in [6.07, 6.45) is 25.0. The van der Waals surface area contributed by atoms with Crippen LogP contribution in [0.25, 0.3) is 93.0 Å². The normalized spacial score (nSPS) is 16.6. The van der Waals surface area contributed by atoms with Crippen LogP contribution in [0.5, 0.6) is 80.5 Å². The predicted molar refractivity (Wildman–Crippen MR) is 561 cm³/mol. The second-order valence-corrected chi connectivity index (χ2v) is 34.4. The van der Waals surface area contributed by atoms with E-state index in [1.54, 1.807) is 87.1 Å². The third kappa shape index (κ3) is 25.2. The summed E-state index contributed by atoms with van der Waals surface area (Å²) >= 11 is 0. The summed E-state index contributed by atoms with van der Waals surface area (Å²) in [7, 11) is 3.37. The van der Waals surface area contributed by atoms with Crippen LogP contribution in [0.3, 0.4) is 0 Å². The Bertz CT molecular complexity index is 6830. The molecule has 15 aromatic rings. The molecule has 8 atom stereocenters. The van der Waals surface area contributed by atoms with Crippen molar-refractivity contribution in [1.29, 1.82) is 0 Å². The number of aromatic nitrogens is 6. The lowest BCUT2D eigenvalue weighted by Gasteiger charge is -2.18. The molecule has 4 saturated heterocycles. The van der Waals surface area contributed by atoms with Crippen molar-refractivity contribution in [3.05, 3.63) is 383 Å². The molecule has 19 rings (SSSR count). The van der Waals surface area contributed by atoms with Gasteiger partial charge in [-0.1, -0.05) is 123 Å². The van der Waals surface area contributed by atoms with Crippen molar-refractivity contribution in [3.63, 3.8) is 0 Å². The van der Waals surface area contributed by atoms with Crippen LogP contribution in [0, 0.1) is 25.5 Å². The van der Waals surface area contributed by atoms with Gasteiger partial charge in [0.1, 0.15) is 117 Å². The standard InChI is InChI=1S/C40H38N2O8.C40H38N2O4.C24H26O3.C14H8F2N2O.2CH4/c1-19-7-9-24(10-8-19)39-41-42-40(50-39)25-11-13-26(14-12-25)49-38-31(35-22(4)46-35)17-28(18-32(38)36-23(5)47-36)48-27-15-29(33-20(2)44-33)37(43-6)30(16-27)34-21(3)45-34;1-7-11-30-23-35(24-31(12-8-2)37(30)43-6)44-36-25-32(13-9-3)38(33(26-36)14-10-4)45-34-21-19-29(20-22-34)40-42-41-39(46-40)28-17-15-27(5)16-18-28;1-5-9-17-13-21(14-18(10-6-2)23(17)25)27-22-15-19(11-7-3)24(26)20(16-22)12-8-4;15-11-5-1-9(2-6-11)13-17-18-14(19-13)10-3-7-12(16)8-4-10;;/h7-18,20-23,33-36H,1-6H3;7-26H,1-6H3;5-8,13-16,25-26H,1-4,9-12H2;1-8H;2*1H4/b;11-7+,12-8+,13-9+,14-10+;;;;. The van der Waals surface area contributed by atoms with E-state index in [9.17, 15) is 19.0 Å². The zero-order valence-electron chi connectivity index (χ0n) is 81.0. The number of rotatable bonds is 34. The van der Waals surface area contributed by atoms with Crippen molar-refractivity contribution in [2.75, 3.05) is 14.2 Å². The molecule has 4 aliphatic rings. The number of allylic oxidation sites excluding steroid dienone is 8. The SMILES string of the molecule is C.C.C/C=C/c1cc(Oc2cc(/C=C/C)c(Oc3ccc(-c4nnc(-c5ccc(C)cc5)o4)cc3)c(/C=C/C)c2)cc(/C=C/C)c1OC.C=CCc1cc(Oc2cc(CC=C)c(O)c(CC=C)c2)cc(CC=C)c1O.COc1c(C2OC2C)cc(Oc2cc(C3OC3C)c(Oc3ccc(-c4nnc(-c5ccc(C)cc5)o4)cc3)c(C3OC3C)c2)cc1C1OC1C.Fc1ccc(-c2nnc(-c3ccc(F)cc3)o2)cc1. The van der Waals surface area contributed by atoms with Gasteiger partial charge in [-0.15, -0.1) is 56.9 Å². The van der Waals surface area contributed by atoms with E-state index < -0.39 is 0 Å². The molecule has 0 saturated carbocycles. The summed E-state index contributed by atoms with van der Waals surface area (Å²) in [4.78, 5) is 0. The topological polar surface area (TPSA) is 272 Å². The molecule has 2 N–H and O–H groups in total. The van der Waals surface area contributed by atoms with Gasteiger partial charge >= 0.3 is 0 Å². The van der Waals surface area contributed by atoms with E-state index >= 15 is 0 Å². The number of hydrogen-bond acceptors (Lipinski definition) is 22. The predicted octanol–water partition coefficient (Wildman–Crippen LogP) is 31.3. The highest BCUT2D eigenvalue weighted by atomic mass is 19.1. The first kappa shape index (κ1) is 104. The Balaban J connectivity index is 0.000000161. The second-order valence-electron chi connectivity index (χ2n) is 34.4. The summed E-state index contributed by atoms with van der Waals surface area (Å²) in [6.45, 7) is 35.2. The van der Waals surface area contributed by atoms with E-state index in [1.165, 1.54) is 35.4 Å². The van der Waals surface area contributed by atoms with Crippen LogP contribution < -0.4 is 33.2 Å². The lowest BCUT2D eigenvalue weighted by molar-refractivity contribution is 0.353. The molecule has 738 valence electrons. The summed E-state index contributed by atoms with van der Waals surface area (Å²) in [5.74, 6) is 10.6. The van der Waals surface area contributed by atoms with Crippen LogP contribution in [0.1, 0.15) is 173 Å². The third-order valence-corrected chi connectivity index (χ3v) is 23.7. The molecule has 0 aliphatic carbocycles. The maximum Gasteiger partial charge on any atom is 0.248 e. The Hall–Kier alpha value is -16.1. The van der Waals surface area contributed by atoms with Crippen molar-refractivity contribution in [3.8, 4) is 149 Å². The number of aryl methyl sites for hydroxylation is 2. The third-order valence-electron chi connectivity index (χ3n) is 23.7. The fourth-order valence-corrected chi connectivity index (χ4v) is 16.4. The fraction of sp³-hybridized carbons (Fsp3) is 0.217. The number of epoxide rings is 4. The number of phenolic OH excluding ortho intramolecular Hbond substituents is 2. The van der Waals surface area contributed by atoms with Crippen molar-refractivity contribution in [2.45, 2.75) is 159 Å². The van der Waals surface area contributed by atoms with Gasteiger partial charge in [0.15, 0.2) is 0 Å². The number of nitrogens with zero attached hydrogens (tertiary/aromatic N) is 6. The molecule has 0 amide bonds. The van der Waals surface area contributed by atoms with Crippen LogP contribution in [0.15, 0.2) is 307 Å². The number of hydrogen-bond donors (Lipinski definition) is 2. The largest absolute Gasteiger partial charge is 0.507 e. The Kier molecular flexibility index (Phi) is 34.2. The molecule has 22 nitrogen and oxygen atoms in total. The number of methoxy groups -OCH3 is 2. The minimum atomic E-state index is -0.331. The molecular weight excluding hydrogens is 1820 g/mol. The van der Waals surface area contributed by atoms with E-state index in [2.05, 4.69) is 84.6 Å². The average molecular weight is 1940 g/mol. The molecule has 0 bridgehead atoms. The molecule has 3 aromatic heterocycles. The van der Waals surface area contributed by atoms with E-state index in [0.29, 0.717) is 124 Å². The number of phenols is 2. The van der Waals surface area contributed by atoms with Gasteiger partial charge in [0, 0.05) is 100 Å².